The molecule has 1 unspecified atom stereocenters. The Labute approximate surface area is 111 Å². The largest absolute Gasteiger partial charge is 0.340 e. The first-order chi connectivity index (χ1) is 8.75. The number of hydrogen-bond acceptors (Lipinski definition) is 3. The third kappa shape index (κ3) is 1.95. The molecule has 5 heteroatoms. The Morgan fingerprint density at radius 2 is 2.11 bits per heavy atom. The number of aromatic amines is 1. The summed E-state index contributed by atoms with van der Waals surface area (Å²) in [5.41, 5.74) is 1.41. The number of aromatic nitrogens is 3. The van der Waals surface area contributed by atoms with Crippen LogP contribution in [0.25, 0.3) is 0 Å². The third-order valence-corrected chi connectivity index (χ3v) is 3.96. The molecule has 1 aliphatic rings. The maximum atomic E-state index is 5.15. The highest BCUT2D eigenvalue weighted by molar-refractivity contribution is 7.71. The van der Waals surface area contributed by atoms with Crippen LogP contribution in [0.4, 0.5) is 5.95 Å². The molecule has 0 aliphatic carbocycles. The lowest BCUT2D eigenvalue weighted by molar-refractivity contribution is 0.766. The van der Waals surface area contributed by atoms with Gasteiger partial charge in [0.1, 0.15) is 0 Å². The Morgan fingerprint density at radius 3 is 2.78 bits per heavy atom. The molecule has 1 aromatic heterocycles. The van der Waals surface area contributed by atoms with Gasteiger partial charge in [-0.1, -0.05) is 30.3 Å². The van der Waals surface area contributed by atoms with Crippen molar-refractivity contribution in [1.29, 1.82) is 0 Å². The first-order valence-corrected chi connectivity index (χ1v) is 6.58. The number of anilines is 1. The van der Waals surface area contributed by atoms with Crippen LogP contribution in [0, 0.1) is 4.77 Å². The second-order valence-corrected chi connectivity index (χ2v) is 5.12. The molecule has 2 heterocycles. The highest BCUT2D eigenvalue weighted by atomic mass is 32.1. The number of benzene rings is 1. The normalized spacial score (nSPS) is 19.4. The SMILES string of the molecule is Cn1c(N2CCC(c3ccccc3)C2)n[nH]c1=S. The van der Waals surface area contributed by atoms with Crippen molar-refractivity contribution in [2.24, 2.45) is 7.05 Å². The van der Waals surface area contributed by atoms with Crippen molar-refractivity contribution in [3.63, 3.8) is 0 Å². The lowest BCUT2D eigenvalue weighted by atomic mass is 9.99. The van der Waals surface area contributed by atoms with Gasteiger partial charge in [0.2, 0.25) is 5.95 Å². The number of rotatable bonds is 2. The Kier molecular flexibility index (Phi) is 2.91. The van der Waals surface area contributed by atoms with E-state index in [0.717, 1.165) is 19.0 Å². The fraction of sp³-hybridized carbons (Fsp3) is 0.385. The van der Waals surface area contributed by atoms with Gasteiger partial charge in [-0.25, -0.2) is 5.10 Å². The molecule has 0 radical (unpaired) electrons. The summed E-state index contributed by atoms with van der Waals surface area (Å²) >= 11 is 5.15. The number of nitrogens with one attached hydrogen (secondary N) is 1. The molecular formula is C13H16N4S. The lowest BCUT2D eigenvalue weighted by Gasteiger charge is -2.16. The average molecular weight is 260 g/mol. The van der Waals surface area contributed by atoms with Gasteiger partial charge < -0.3 is 4.90 Å². The summed E-state index contributed by atoms with van der Waals surface area (Å²) in [5.74, 6) is 1.54. The summed E-state index contributed by atoms with van der Waals surface area (Å²) in [6.45, 7) is 2.05. The maximum absolute atomic E-state index is 5.15. The molecule has 4 nitrogen and oxygen atoms in total. The summed E-state index contributed by atoms with van der Waals surface area (Å²) in [6.07, 6.45) is 1.17. The second kappa shape index (κ2) is 4.57. The van der Waals surface area contributed by atoms with Crippen molar-refractivity contribution in [2.45, 2.75) is 12.3 Å². The van der Waals surface area contributed by atoms with Gasteiger partial charge in [0.15, 0.2) is 4.77 Å². The first-order valence-electron chi connectivity index (χ1n) is 6.17. The van der Waals surface area contributed by atoms with Crippen LogP contribution in [0.3, 0.4) is 0 Å². The predicted molar refractivity (Wildman–Crippen MR) is 74.4 cm³/mol. The lowest BCUT2D eigenvalue weighted by Crippen LogP contribution is -2.22. The van der Waals surface area contributed by atoms with E-state index < -0.39 is 0 Å². The molecule has 1 aromatic carbocycles. The fourth-order valence-corrected chi connectivity index (χ4v) is 2.69. The van der Waals surface area contributed by atoms with Crippen molar-refractivity contribution >= 4 is 18.2 Å². The van der Waals surface area contributed by atoms with Crippen molar-refractivity contribution in [2.75, 3.05) is 18.0 Å². The molecule has 94 valence electrons. The van der Waals surface area contributed by atoms with Gasteiger partial charge in [-0.05, 0) is 24.2 Å². The average Bonchev–Trinajstić information content (AvgIpc) is 3.00. The van der Waals surface area contributed by atoms with E-state index in [9.17, 15) is 0 Å². The fourth-order valence-electron chi connectivity index (χ4n) is 2.56. The zero-order valence-corrected chi connectivity index (χ0v) is 11.2. The molecule has 0 spiro atoms. The Hall–Kier alpha value is -1.62. The topological polar surface area (TPSA) is 36.9 Å². The van der Waals surface area contributed by atoms with E-state index in [-0.39, 0.29) is 0 Å². The minimum atomic E-state index is 0.594. The van der Waals surface area contributed by atoms with E-state index in [4.69, 9.17) is 12.2 Å². The van der Waals surface area contributed by atoms with E-state index in [1.807, 2.05) is 11.6 Å². The van der Waals surface area contributed by atoms with Crippen molar-refractivity contribution in [3.05, 3.63) is 40.7 Å². The van der Waals surface area contributed by atoms with Crippen LogP contribution in [0.1, 0.15) is 17.9 Å². The summed E-state index contributed by atoms with van der Waals surface area (Å²) in [6, 6.07) is 10.7. The number of hydrogen-bond donors (Lipinski definition) is 1. The minimum absolute atomic E-state index is 0.594. The van der Waals surface area contributed by atoms with Crippen LogP contribution in [-0.4, -0.2) is 27.9 Å². The van der Waals surface area contributed by atoms with Crippen LogP contribution in [0.15, 0.2) is 30.3 Å². The van der Waals surface area contributed by atoms with Crippen LogP contribution in [0.2, 0.25) is 0 Å². The molecule has 0 amide bonds. The molecule has 2 aromatic rings. The second-order valence-electron chi connectivity index (χ2n) is 4.73. The zero-order valence-electron chi connectivity index (χ0n) is 10.3. The highest BCUT2D eigenvalue weighted by Crippen LogP contribution is 2.29. The van der Waals surface area contributed by atoms with Gasteiger partial charge in [0.05, 0.1) is 0 Å². The molecule has 1 N–H and O–H groups in total. The molecule has 0 bridgehead atoms. The summed E-state index contributed by atoms with van der Waals surface area (Å²) in [5, 5.41) is 7.14. The molecule has 0 saturated carbocycles. The first kappa shape index (κ1) is 11.5. The Bertz CT molecular complexity index is 587. The van der Waals surface area contributed by atoms with E-state index in [1.54, 1.807) is 0 Å². The van der Waals surface area contributed by atoms with E-state index in [2.05, 4.69) is 45.4 Å². The third-order valence-electron chi connectivity index (χ3n) is 3.60. The van der Waals surface area contributed by atoms with Gasteiger partial charge in [0, 0.05) is 26.1 Å². The van der Waals surface area contributed by atoms with Crippen LogP contribution in [0.5, 0.6) is 0 Å². The predicted octanol–water partition coefficient (Wildman–Crippen LogP) is 2.47. The van der Waals surface area contributed by atoms with E-state index >= 15 is 0 Å². The standard InChI is InChI=1S/C13H16N4S/c1-16-12(14-15-13(16)18)17-8-7-11(9-17)10-5-3-2-4-6-10/h2-6,11H,7-9H2,1H3,(H,15,18). The monoisotopic (exact) mass is 260 g/mol. The summed E-state index contributed by atoms with van der Waals surface area (Å²) in [7, 11) is 1.96. The highest BCUT2D eigenvalue weighted by Gasteiger charge is 2.26. The van der Waals surface area contributed by atoms with Crippen LogP contribution >= 0.6 is 12.2 Å². The van der Waals surface area contributed by atoms with Crippen LogP contribution < -0.4 is 4.90 Å². The number of nitrogens with zero attached hydrogens (tertiary/aromatic N) is 3. The van der Waals surface area contributed by atoms with Gasteiger partial charge in [-0.3, -0.25) is 4.57 Å². The summed E-state index contributed by atoms with van der Waals surface area (Å²) < 4.78 is 2.61. The van der Waals surface area contributed by atoms with E-state index in [0.29, 0.717) is 10.7 Å². The smallest absolute Gasteiger partial charge is 0.225 e. The van der Waals surface area contributed by atoms with Crippen molar-refractivity contribution in [1.82, 2.24) is 14.8 Å². The molecule has 1 saturated heterocycles. The molecule has 1 fully saturated rings. The van der Waals surface area contributed by atoms with Crippen molar-refractivity contribution in [3.8, 4) is 0 Å². The van der Waals surface area contributed by atoms with Gasteiger partial charge in [0.25, 0.3) is 0 Å². The van der Waals surface area contributed by atoms with Gasteiger partial charge in [-0.2, -0.15) is 0 Å². The molecular weight excluding hydrogens is 244 g/mol. The maximum Gasteiger partial charge on any atom is 0.225 e. The number of H-pyrrole nitrogens is 1. The zero-order chi connectivity index (χ0) is 12.5. The Balaban J connectivity index is 1.80. The van der Waals surface area contributed by atoms with Gasteiger partial charge >= 0.3 is 0 Å². The minimum Gasteiger partial charge on any atom is -0.340 e. The molecule has 1 atom stereocenters. The molecule has 1 aliphatic heterocycles. The quantitative estimate of drug-likeness (QED) is 0.843. The van der Waals surface area contributed by atoms with Crippen molar-refractivity contribution < 1.29 is 0 Å². The van der Waals surface area contributed by atoms with Crippen LogP contribution in [-0.2, 0) is 7.05 Å². The summed E-state index contributed by atoms with van der Waals surface area (Å²) in [4.78, 5) is 2.30. The van der Waals surface area contributed by atoms with Gasteiger partial charge in [-0.15, -0.1) is 5.10 Å². The molecule has 3 rings (SSSR count). The Morgan fingerprint density at radius 1 is 1.33 bits per heavy atom. The van der Waals surface area contributed by atoms with E-state index in [1.165, 1.54) is 12.0 Å². The molecule has 18 heavy (non-hydrogen) atoms.